The topological polar surface area (TPSA) is 101 Å². The Morgan fingerprint density at radius 1 is 1.20 bits per heavy atom. The summed E-state index contributed by atoms with van der Waals surface area (Å²) in [5.74, 6) is -0.0978. The summed E-state index contributed by atoms with van der Waals surface area (Å²) in [4.78, 5) is 11.7. The smallest absolute Gasteiger partial charge is 0.327 e. The number of sulfonamides is 1. The Labute approximate surface area is 144 Å². The number of anilines is 1. The summed E-state index contributed by atoms with van der Waals surface area (Å²) in [5.41, 5.74) is 6.28. The molecule has 0 aliphatic heterocycles. The van der Waals surface area contributed by atoms with Crippen LogP contribution in [0.3, 0.4) is 0 Å². The lowest BCUT2D eigenvalue weighted by Crippen LogP contribution is -2.33. The molecule has 1 fully saturated rings. The average molecular weight is 379 g/mol. The first kappa shape index (κ1) is 19.7. The van der Waals surface area contributed by atoms with Crippen molar-refractivity contribution in [2.24, 2.45) is 11.7 Å². The van der Waals surface area contributed by atoms with E-state index < -0.39 is 22.7 Å². The molecule has 2 rings (SSSR count). The molecule has 1 aromatic carbocycles. The van der Waals surface area contributed by atoms with Gasteiger partial charge in [0.15, 0.2) is 0 Å². The van der Waals surface area contributed by atoms with Crippen molar-refractivity contribution >= 4 is 21.6 Å². The van der Waals surface area contributed by atoms with Gasteiger partial charge in [-0.2, -0.15) is 13.2 Å². The van der Waals surface area contributed by atoms with Crippen LogP contribution >= 0.6 is 0 Å². The van der Waals surface area contributed by atoms with Crippen molar-refractivity contribution in [3.8, 4) is 0 Å². The van der Waals surface area contributed by atoms with E-state index in [2.05, 4.69) is 5.32 Å². The van der Waals surface area contributed by atoms with Crippen LogP contribution in [0.15, 0.2) is 29.2 Å². The van der Waals surface area contributed by atoms with Crippen molar-refractivity contribution in [2.45, 2.75) is 42.8 Å². The largest absolute Gasteiger partial charge is 0.402 e. The molecule has 1 saturated carbocycles. The number of halogens is 3. The minimum atomic E-state index is -4.64. The van der Waals surface area contributed by atoms with Crippen molar-refractivity contribution in [2.75, 3.05) is 11.9 Å². The standard InChI is InChI=1S/C15H20F3N3O3S/c16-15(17,18)9-20-25(23,24)12-6-4-11(5-7-12)21-14(22)8-10-2-1-3-13(10)19/h4-7,10,13,20H,1-3,8-9,19H2,(H,21,22)/t10-,13+/m0/s1. The molecule has 6 nitrogen and oxygen atoms in total. The van der Waals surface area contributed by atoms with E-state index in [1.807, 2.05) is 0 Å². The third kappa shape index (κ3) is 5.98. The summed E-state index contributed by atoms with van der Waals surface area (Å²) in [7, 11) is -4.26. The molecular weight excluding hydrogens is 359 g/mol. The second kappa shape index (κ2) is 7.71. The summed E-state index contributed by atoms with van der Waals surface area (Å²) in [6.07, 6.45) is -1.56. The molecule has 1 amide bonds. The molecule has 0 saturated heterocycles. The Balaban J connectivity index is 1.94. The van der Waals surface area contributed by atoms with Crippen LogP contribution in [0.4, 0.5) is 18.9 Å². The molecule has 1 aliphatic rings. The summed E-state index contributed by atoms with van der Waals surface area (Å²) in [6.45, 7) is -1.64. The van der Waals surface area contributed by atoms with Crippen molar-refractivity contribution in [3.05, 3.63) is 24.3 Å². The van der Waals surface area contributed by atoms with Crippen molar-refractivity contribution in [1.29, 1.82) is 0 Å². The number of carbonyl (C=O) groups is 1. The van der Waals surface area contributed by atoms with Crippen LogP contribution in [0.25, 0.3) is 0 Å². The van der Waals surface area contributed by atoms with Gasteiger partial charge in [0.25, 0.3) is 0 Å². The molecular formula is C15H20F3N3O3S. The van der Waals surface area contributed by atoms with Gasteiger partial charge >= 0.3 is 6.18 Å². The number of carbonyl (C=O) groups excluding carboxylic acids is 1. The molecule has 0 spiro atoms. The second-order valence-corrected chi connectivity index (χ2v) is 7.84. The van der Waals surface area contributed by atoms with Crippen molar-refractivity contribution in [1.82, 2.24) is 4.72 Å². The first-order valence-electron chi connectivity index (χ1n) is 7.79. The van der Waals surface area contributed by atoms with E-state index in [9.17, 15) is 26.4 Å². The maximum atomic E-state index is 12.1. The van der Waals surface area contributed by atoms with Crippen LogP contribution < -0.4 is 15.8 Å². The van der Waals surface area contributed by atoms with E-state index in [-0.39, 0.29) is 29.2 Å². The number of nitrogens with one attached hydrogen (secondary N) is 2. The van der Waals surface area contributed by atoms with Gasteiger partial charge in [0, 0.05) is 18.2 Å². The zero-order valence-electron chi connectivity index (χ0n) is 13.3. The van der Waals surface area contributed by atoms with Crippen LogP contribution in [0.5, 0.6) is 0 Å². The highest BCUT2D eigenvalue weighted by molar-refractivity contribution is 7.89. The summed E-state index contributed by atoms with van der Waals surface area (Å²) >= 11 is 0. The highest BCUT2D eigenvalue weighted by atomic mass is 32.2. The van der Waals surface area contributed by atoms with Crippen LogP contribution in [-0.2, 0) is 14.8 Å². The van der Waals surface area contributed by atoms with E-state index in [0.717, 1.165) is 31.4 Å². The predicted molar refractivity (Wildman–Crippen MR) is 86.2 cm³/mol. The fourth-order valence-electron chi connectivity index (χ4n) is 2.75. The Hall–Kier alpha value is -1.65. The highest BCUT2D eigenvalue weighted by Crippen LogP contribution is 2.27. The van der Waals surface area contributed by atoms with E-state index in [1.54, 1.807) is 0 Å². The molecule has 0 heterocycles. The third-order valence-electron chi connectivity index (χ3n) is 4.08. The minimum Gasteiger partial charge on any atom is -0.327 e. The van der Waals surface area contributed by atoms with Crippen LogP contribution in [-0.4, -0.2) is 33.1 Å². The molecule has 0 unspecified atom stereocenters. The molecule has 4 N–H and O–H groups in total. The number of nitrogens with two attached hydrogens (primary N) is 1. The normalized spacial score (nSPS) is 21.3. The lowest BCUT2D eigenvalue weighted by Gasteiger charge is -2.15. The number of hydrogen-bond donors (Lipinski definition) is 3. The van der Waals surface area contributed by atoms with E-state index in [1.165, 1.54) is 16.9 Å². The minimum absolute atomic E-state index is 0.0120. The van der Waals surface area contributed by atoms with E-state index in [0.29, 0.717) is 5.69 Å². The van der Waals surface area contributed by atoms with Gasteiger partial charge < -0.3 is 11.1 Å². The molecule has 140 valence electrons. The molecule has 1 aromatic rings. The van der Waals surface area contributed by atoms with Gasteiger partial charge in [-0.25, -0.2) is 13.1 Å². The number of alkyl halides is 3. The molecule has 25 heavy (non-hydrogen) atoms. The van der Waals surface area contributed by atoms with Crippen molar-refractivity contribution in [3.63, 3.8) is 0 Å². The van der Waals surface area contributed by atoms with Gasteiger partial charge in [0.2, 0.25) is 15.9 Å². The third-order valence-corrected chi connectivity index (χ3v) is 5.49. The maximum absolute atomic E-state index is 12.1. The monoisotopic (exact) mass is 379 g/mol. The number of amides is 1. The van der Waals surface area contributed by atoms with Gasteiger partial charge in [0.1, 0.15) is 6.54 Å². The Morgan fingerprint density at radius 3 is 2.36 bits per heavy atom. The fourth-order valence-corrected chi connectivity index (χ4v) is 3.76. The molecule has 10 heteroatoms. The summed E-state index contributed by atoms with van der Waals surface area (Å²) in [5, 5.41) is 2.63. The molecule has 0 radical (unpaired) electrons. The first-order valence-corrected chi connectivity index (χ1v) is 9.27. The average Bonchev–Trinajstić information content (AvgIpc) is 2.90. The van der Waals surface area contributed by atoms with E-state index >= 15 is 0 Å². The predicted octanol–water partition coefficient (Wildman–Crippen LogP) is 1.98. The molecule has 0 aromatic heterocycles. The SMILES string of the molecule is N[C@@H]1CCC[C@H]1CC(=O)Nc1ccc(S(=O)(=O)NCC(F)(F)F)cc1. The Bertz CT molecular complexity index is 705. The quantitative estimate of drug-likeness (QED) is 0.703. The van der Waals surface area contributed by atoms with E-state index in [4.69, 9.17) is 5.73 Å². The fraction of sp³-hybridized carbons (Fsp3) is 0.533. The van der Waals surface area contributed by atoms with Crippen LogP contribution in [0.2, 0.25) is 0 Å². The lowest BCUT2D eigenvalue weighted by molar-refractivity contribution is -0.121. The summed E-state index contributed by atoms with van der Waals surface area (Å²) in [6, 6.07) is 4.94. The van der Waals surface area contributed by atoms with Crippen LogP contribution in [0, 0.1) is 5.92 Å². The Morgan fingerprint density at radius 2 is 1.84 bits per heavy atom. The van der Waals surface area contributed by atoms with Crippen LogP contribution in [0.1, 0.15) is 25.7 Å². The lowest BCUT2D eigenvalue weighted by atomic mass is 10.00. The number of benzene rings is 1. The maximum Gasteiger partial charge on any atom is 0.402 e. The van der Waals surface area contributed by atoms with Gasteiger partial charge in [-0.15, -0.1) is 0 Å². The Kier molecular flexibility index (Phi) is 6.07. The summed E-state index contributed by atoms with van der Waals surface area (Å²) < 4.78 is 61.4. The van der Waals surface area contributed by atoms with Crippen molar-refractivity contribution < 1.29 is 26.4 Å². The van der Waals surface area contributed by atoms with Gasteiger partial charge in [-0.3, -0.25) is 4.79 Å². The molecule has 0 bridgehead atoms. The number of hydrogen-bond acceptors (Lipinski definition) is 4. The number of rotatable bonds is 6. The first-order chi connectivity index (χ1) is 11.6. The molecule has 1 aliphatic carbocycles. The van der Waals surface area contributed by atoms with Gasteiger partial charge in [0.05, 0.1) is 4.90 Å². The van der Waals surface area contributed by atoms with Gasteiger partial charge in [-0.05, 0) is 43.0 Å². The highest BCUT2D eigenvalue weighted by Gasteiger charge is 2.30. The second-order valence-electron chi connectivity index (χ2n) is 6.07. The molecule has 2 atom stereocenters. The zero-order valence-corrected chi connectivity index (χ0v) is 14.2. The zero-order chi connectivity index (χ0) is 18.7. The van der Waals surface area contributed by atoms with Gasteiger partial charge in [-0.1, -0.05) is 6.42 Å².